The molecule has 2 aromatic rings. The summed E-state index contributed by atoms with van der Waals surface area (Å²) < 4.78 is 51.5. The van der Waals surface area contributed by atoms with Gasteiger partial charge in [0.05, 0.1) is 11.3 Å². The molecule has 0 spiro atoms. The topological polar surface area (TPSA) is 90.7 Å². The van der Waals surface area contributed by atoms with Crippen LogP contribution in [-0.4, -0.2) is 36.4 Å². The fourth-order valence-electron chi connectivity index (χ4n) is 2.08. The summed E-state index contributed by atoms with van der Waals surface area (Å²) in [6, 6.07) is 6.13. The van der Waals surface area contributed by atoms with Crippen molar-refractivity contribution in [1.29, 1.82) is 0 Å². The molecule has 2 rings (SSSR count). The molecule has 10 heteroatoms. The molecule has 0 aliphatic carbocycles. The van der Waals surface area contributed by atoms with Crippen LogP contribution in [0.15, 0.2) is 28.8 Å². The third-order valence-electron chi connectivity index (χ3n) is 3.48. The van der Waals surface area contributed by atoms with Gasteiger partial charge in [-0.1, -0.05) is 17.3 Å². The van der Waals surface area contributed by atoms with Crippen molar-refractivity contribution in [2.24, 2.45) is 0 Å². The van der Waals surface area contributed by atoms with Crippen LogP contribution in [0.25, 0.3) is 0 Å². The fraction of sp³-hybridized carbons (Fsp3) is 0.353. The summed E-state index contributed by atoms with van der Waals surface area (Å²) in [5.74, 6) is -1.19. The number of rotatable bonds is 7. The number of benzene rings is 1. The maximum atomic E-state index is 12.1. The monoisotopic (exact) mass is 386 g/mol. The molecule has 27 heavy (non-hydrogen) atoms. The molecular weight excluding hydrogens is 369 g/mol. The lowest BCUT2D eigenvalue weighted by molar-refractivity contribution is -0.140. The lowest BCUT2D eigenvalue weighted by Crippen LogP contribution is -2.36. The lowest BCUT2D eigenvalue weighted by Gasteiger charge is -2.12. The van der Waals surface area contributed by atoms with Gasteiger partial charge >= 0.3 is 12.1 Å². The van der Waals surface area contributed by atoms with Crippen LogP contribution in [0.1, 0.15) is 27.4 Å². The van der Waals surface area contributed by atoms with E-state index in [0.29, 0.717) is 11.5 Å². The molecule has 1 aromatic carbocycles. The number of nitrogens with zero attached hydrogens (tertiary/aromatic N) is 1. The number of ether oxygens (including phenoxy) is 2. The largest absolute Gasteiger partial charge is 0.488 e. The molecule has 0 unspecified atom stereocenters. The first-order valence-electron chi connectivity index (χ1n) is 7.81. The summed E-state index contributed by atoms with van der Waals surface area (Å²) in [5.41, 5.74) is 1.41. The fourth-order valence-corrected chi connectivity index (χ4v) is 2.08. The number of carbonyl (C=O) groups excluding carboxylic acids is 2. The van der Waals surface area contributed by atoms with Crippen molar-refractivity contribution in [2.45, 2.75) is 26.6 Å². The van der Waals surface area contributed by atoms with Crippen molar-refractivity contribution >= 4 is 11.9 Å². The molecule has 1 heterocycles. The minimum atomic E-state index is -4.54. The quantitative estimate of drug-likeness (QED) is 0.736. The predicted octanol–water partition coefficient (Wildman–Crippen LogP) is 2.71. The van der Waals surface area contributed by atoms with Crippen molar-refractivity contribution in [3.8, 4) is 5.75 Å². The van der Waals surface area contributed by atoms with Crippen molar-refractivity contribution in [3.05, 3.63) is 46.8 Å². The Morgan fingerprint density at radius 1 is 1.22 bits per heavy atom. The van der Waals surface area contributed by atoms with Crippen LogP contribution < -0.4 is 10.1 Å². The molecule has 1 N–H and O–H groups in total. The smallest absolute Gasteiger partial charge is 0.405 e. The molecule has 0 aliphatic rings. The Bertz CT molecular complexity index is 798. The average molecular weight is 386 g/mol. The van der Waals surface area contributed by atoms with Gasteiger partial charge in [0.15, 0.2) is 6.61 Å². The van der Waals surface area contributed by atoms with Gasteiger partial charge in [-0.15, -0.1) is 0 Å². The Morgan fingerprint density at radius 3 is 2.56 bits per heavy atom. The number of esters is 1. The van der Waals surface area contributed by atoms with Gasteiger partial charge < -0.3 is 19.3 Å². The van der Waals surface area contributed by atoms with Crippen molar-refractivity contribution < 1.29 is 36.8 Å². The zero-order chi connectivity index (χ0) is 20.0. The Hall–Kier alpha value is -3.04. The van der Waals surface area contributed by atoms with Gasteiger partial charge in [-0.25, -0.2) is 4.79 Å². The van der Waals surface area contributed by atoms with Crippen molar-refractivity contribution in [3.63, 3.8) is 0 Å². The summed E-state index contributed by atoms with van der Waals surface area (Å²) in [6.45, 7) is 1.22. The molecule has 146 valence electrons. The Labute approximate surface area is 152 Å². The molecule has 0 aliphatic heterocycles. The second-order valence-corrected chi connectivity index (χ2v) is 5.56. The molecular formula is C17H17F3N2O5. The van der Waals surface area contributed by atoms with E-state index in [4.69, 9.17) is 14.0 Å². The van der Waals surface area contributed by atoms with Gasteiger partial charge in [-0.3, -0.25) is 4.79 Å². The Kier molecular flexibility index (Phi) is 6.43. The molecule has 7 nitrogen and oxygen atoms in total. The number of hydrogen-bond acceptors (Lipinski definition) is 6. The normalized spacial score (nSPS) is 11.1. The van der Waals surface area contributed by atoms with E-state index in [1.807, 2.05) is 0 Å². The molecule has 0 fully saturated rings. The number of carbonyl (C=O) groups is 2. The molecule has 0 saturated heterocycles. The minimum Gasteiger partial charge on any atom is -0.488 e. The standard InChI is InChI=1S/C17H17F3N2O5/c1-10-13(11(2)27-22-10)7-25-14-6-4-3-5-12(14)16(24)26-8-15(23)21-9-17(18,19)20/h3-6H,7-9H2,1-2H3,(H,21,23). The molecule has 0 atom stereocenters. The van der Waals surface area contributed by atoms with E-state index in [2.05, 4.69) is 5.16 Å². The first kappa shape index (κ1) is 20.3. The van der Waals surface area contributed by atoms with Gasteiger partial charge in [-0.2, -0.15) is 13.2 Å². The van der Waals surface area contributed by atoms with Gasteiger partial charge in [0, 0.05) is 0 Å². The van der Waals surface area contributed by atoms with E-state index >= 15 is 0 Å². The number of amides is 1. The minimum absolute atomic E-state index is 0.0351. The van der Waals surface area contributed by atoms with Gasteiger partial charge in [-0.05, 0) is 26.0 Å². The summed E-state index contributed by atoms with van der Waals surface area (Å²) in [4.78, 5) is 23.5. The Morgan fingerprint density at radius 2 is 1.93 bits per heavy atom. The van der Waals surface area contributed by atoms with E-state index in [9.17, 15) is 22.8 Å². The number of hydrogen-bond donors (Lipinski definition) is 1. The predicted molar refractivity (Wildman–Crippen MR) is 86.1 cm³/mol. The second-order valence-electron chi connectivity index (χ2n) is 5.56. The molecule has 1 aromatic heterocycles. The SMILES string of the molecule is Cc1noc(C)c1COc1ccccc1C(=O)OCC(=O)NCC(F)(F)F. The van der Waals surface area contributed by atoms with Crippen LogP contribution in [-0.2, 0) is 16.1 Å². The van der Waals surface area contributed by atoms with E-state index in [0.717, 1.165) is 5.56 Å². The highest BCUT2D eigenvalue weighted by Crippen LogP contribution is 2.22. The van der Waals surface area contributed by atoms with E-state index in [-0.39, 0.29) is 17.9 Å². The lowest BCUT2D eigenvalue weighted by atomic mass is 10.2. The van der Waals surface area contributed by atoms with Crippen LogP contribution in [0.4, 0.5) is 13.2 Å². The number of para-hydroxylation sites is 1. The van der Waals surface area contributed by atoms with Crippen LogP contribution >= 0.6 is 0 Å². The first-order chi connectivity index (χ1) is 12.7. The maximum absolute atomic E-state index is 12.1. The number of aromatic nitrogens is 1. The highest BCUT2D eigenvalue weighted by atomic mass is 19.4. The molecule has 0 saturated carbocycles. The van der Waals surface area contributed by atoms with Crippen LogP contribution in [0.3, 0.4) is 0 Å². The van der Waals surface area contributed by atoms with Crippen LogP contribution in [0.2, 0.25) is 0 Å². The number of nitrogens with one attached hydrogen (secondary N) is 1. The van der Waals surface area contributed by atoms with E-state index in [1.54, 1.807) is 31.3 Å². The van der Waals surface area contributed by atoms with Crippen LogP contribution in [0.5, 0.6) is 5.75 Å². The van der Waals surface area contributed by atoms with Gasteiger partial charge in [0.2, 0.25) is 0 Å². The molecule has 0 radical (unpaired) electrons. The maximum Gasteiger partial charge on any atom is 0.405 e. The summed E-state index contributed by atoms with van der Waals surface area (Å²) in [5, 5.41) is 5.41. The van der Waals surface area contributed by atoms with Crippen molar-refractivity contribution in [1.82, 2.24) is 10.5 Å². The van der Waals surface area contributed by atoms with Crippen LogP contribution in [0, 0.1) is 13.8 Å². The highest BCUT2D eigenvalue weighted by Gasteiger charge is 2.28. The number of aryl methyl sites for hydroxylation is 2. The summed E-state index contributed by atoms with van der Waals surface area (Å²) in [6.07, 6.45) is -4.54. The van der Waals surface area contributed by atoms with E-state index < -0.39 is 31.2 Å². The molecule has 1 amide bonds. The van der Waals surface area contributed by atoms with Gasteiger partial charge in [0.25, 0.3) is 5.91 Å². The summed E-state index contributed by atoms with van der Waals surface area (Å²) in [7, 11) is 0. The first-order valence-corrected chi connectivity index (χ1v) is 7.81. The van der Waals surface area contributed by atoms with Crippen molar-refractivity contribution in [2.75, 3.05) is 13.2 Å². The Balaban J connectivity index is 1.96. The van der Waals surface area contributed by atoms with Gasteiger partial charge in [0.1, 0.15) is 30.2 Å². The number of alkyl halides is 3. The zero-order valence-corrected chi connectivity index (χ0v) is 14.6. The summed E-state index contributed by atoms with van der Waals surface area (Å²) >= 11 is 0. The highest BCUT2D eigenvalue weighted by molar-refractivity contribution is 5.93. The average Bonchev–Trinajstić information content (AvgIpc) is 2.93. The number of halogens is 3. The second kappa shape index (κ2) is 8.56. The molecule has 0 bridgehead atoms. The third-order valence-corrected chi connectivity index (χ3v) is 3.48. The zero-order valence-electron chi connectivity index (χ0n) is 14.6. The third kappa shape index (κ3) is 6.01. The van der Waals surface area contributed by atoms with E-state index in [1.165, 1.54) is 12.1 Å².